The van der Waals surface area contributed by atoms with Crippen LogP contribution in [0.5, 0.6) is 11.5 Å². The largest absolute Gasteiger partial charge is 0.454 e. The topological polar surface area (TPSA) is 42.2 Å². The summed E-state index contributed by atoms with van der Waals surface area (Å²) in [5.41, 5.74) is 3.47. The maximum absolute atomic E-state index is 9.51. The Hall–Kier alpha value is -2.47. The van der Waals surface area contributed by atoms with Crippen LogP contribution in [0.4, 0.5) is 0 Å². The first-order valence-electron chi connectivity index (χ1n) is 7.55. The molecule has 1 heterocycles. The van der Waals surface area contributed by atoms with Crippen LogP contribution in [0.3, 0.4) is 0 Å². The van der Waals surface area contributed by atoms with Crippen molar-refractivity contribution in [3.05, 3.63) is 59.2 Å². The molecule has 112 valence electrons. The predicted octanol–water partition coefficient (Wildman–Crippen LogP) is 4.39. The molecule has 3 nitrogen and oxygen atoms in total. The zero-order valence-corrected chi connectivity index (χ0v) is 12.9. The summed E-state index contributed by atoms with van der Waals surface area (Å²) in [7, 11) is 0. The van der Waals surface area contributed by atoms with Crippen molar-refractivity contribution in [3.63, 3.8) is 0 Å². The summed E-state index contributed by atoms with van der Waals surface area (Å²) in [5, 5.41) is 9.51. The van der Waals surface area contributed by atoms with Crippen LogP contribution in [0.15, 0.2) is 42.5 Å². The lowest BCUT2D eigenvalue weighted by Gasteiger charge is -2.12. The molecule has 1 aliphatic rings. The van der Waals surface area contributed by atoms with Crippen molar-refractivity contribution in [2.75, 3.05) is 6.79 Å². The highest BCUT2D eigenvalue weighted by molar-refractivity contribution is 5.46. The van der Waals surface area contributed by atoms with E-state index in [4.69, 9.17) is 9.47 Å². The van der Waals surface area contributed by atoms with Crippen LogP contribution >= 0.6 is 0 Å². The minimum absolute atomic E-state index is 0.181. The van der Waals surface area contributed by atoms with Gasteiger partial charge in [0.2, 0.25) is 6.79 Å². The lowest BCUT2D eigenvalue weighted by molar-refractivity contribution is 0.174. The van der Waals surface area contributed by atoms with Crippen molar-refractivity contribution >= 4 is 0 Å². The second kappa shape index (κ2) is 6.11. The highest BCUT2D eigenvalue weighted by atomic mass is 16.7. The minimum Gasteiger partial charge on any atom is -0.454 e. The van der Waals surface area contributed by atoms with Crippen LogP contribution in [0, 0.1) is 11.3 Å². The van der Waals surface area contributed by atoms with Crippen molar-refractivity contribution in [1.29, 1.82) is 5.26 Å². The van der Waals surface area contributed by atoms with E-state index in [1.807, 2.05) is 18.2 Å². The molecule has 2 aromatic rings. The van der Waals surface area contributed by atoms with E-state index in [0.717, 1.165) is 17.1 Å². The van der Waals surface area contributed by atoms with E-state index in [-0.39, 0.29) is 12.7 Å². The van der Waals surface area contributed by atoms with E-state index < -0.39 is 0 Å². The Morgan fingerprint density at radius 1 is 1.00 bits per heavy atom. The summed E-state index contributed by atoms with van der Waals surface area (Å²) in [6.45, 7) is 4.62. The molecule has 0 N–H and O–H groups in total. The monoisotopic (exact) mass is 293 g/mol. The number of nitrogens with zero attached hydrogens (tertiary/aromatic N) is 1. The van der Waals surface area contributed by atoms with Crippen LogP contribution in [-0.2, 0) is 6.42 Å². The van der Waals surface area contributed by atoms with Gasteiger partial charge in [-0.2, -0.15) is 5.26 Å². The summed E-state index contributed by atoms with van der Waals surface area (Å²) in [6, 6.07) is 16.7. The Kier molecular flexibility index (Phi) is 4.02. The normalized spacial score (nSPS) is 13.9. The van der Waals surface area contributed by atoms with Crippen molar-refractivity contribution in [2.24, 2.45) is 0 Å². The van der Waals surface area contributed by atoms with Crippen molar-refractivity contribution in [2.45, 2.75) is 32.1 Å². The van der Waals surface area contributed by atoms with Crippen molar-refractivity contribution in [1.82, 2.24) is 0 Å². The second-order valence-corrected chi connectivity index (χ2v) is 5.89. The number of nitriles is 1. The van der Waals surface area contributed by atoms with Gasteiger partial charge in [-0.15, -0.1) is 0 Å². The van der Waals surface area contributed by atoms with Gasteiger partial charge < -0.3 is 9.47 Å². The van der Waals surface area contributed by atoms with Gasteiger partial charge in [-0.3, -0.25) is 0 Å². The van der Waals surface area contributed by atoms with Crippen LogP contribution in [0.25, 0.3) is 0 Å². The first-order chi connectivity index (χ1) is 10.7. The molecule has 22 heavy (non-hydrogen) atoms. The van der Waals surface area contributed by atoms with E-state index in [1.54, 1.807) is 0 Å². The maximum atomic E-state index is 9.51. The fraction of sp³-hybridized carbons (Fsp3) is 0.316. The smallest absolute Gasteiger partial charge is 0.231 e. The molecule has 0 aliphatic carbocycles. The van der Waals surface area contributed by atoms with E-state index in [2.05, 4.69) is 44.2 Å². The second-order valence-electron chi connectivity index (χ2n) is 5.89. The third kappa shape index (κ3) is 2.92. The van der Waals surface area contributed by atoms with Crippen LogP contribution < -0.4 is 9.47 Å². The average Bonchev–Trinajstić information content (AvgIpc) is 3.00. The van der Waals surface area contributed by atoms with Gasteiger partial charge in [-0.05, 0) is 41.2 Å². The summed E-state index contributed by atoms with van der Waals surface area (Å²) in [5.74, 6) is 1.82. The molecule has 0 bridgehead atoms. The Morgan fingerprint density at radius 3 is 2.36 bits per heavy atom. The zero-order chi connectivity index (χ0) is 15.5. The Morgan fingerprint density at radius 2 is 1.68 bits per heavy atom. The predicted molar refractivity (Wildman–Crippen MR) is 85.2 cm³/mol. The molecule has 0 saturated carbocycles. The van der Waals surface area contributed by atoms with Gasteiger partial charge in [0.25, 0.3) is 0 Å². The lowest BCUT2D eigenvalue weighted by atomic mass is 9.92. The van der Waals surface area contributed by atoms with E-state index in [9.17, 15) is 5.26 Å². The minimum atomic E-state index is -0.181. The Balaban J connectivity index is 1.78. The molecule has 3 rings (SSSR count). The van der Waals surface area contributed by atoms with Crippen molar-refractivity contribution < 1.29 is 9.47 Å². The van der Waals surface area contributed by atoms with Gasteiger partial charge in [0.15, 0.2) is 11.5 Å². The number of rotatable bonds is 4. The van der Waals surface area contributed by atoms with Crippen molar-refractivity contribution in [3.8, 4) is 17.6 Å². The molecule has 0 aromatic heterocycles. The quantitative estimate of drug-likeness (QED) is 0.839. The highest BCUT2D eigenvalue weighted by Crippen LogP contribution is 2.35. The molecule has 0 saturated heterocycles. The number of fused-ring (bicyclic) bond motifs is 1. The standard InChI is InChI=1S/C19H19NO2/c1-13(2)15-5-3-14(4-6-15)9-17(11-20)16-7-8-18-19(10-16)22-12-21-18/h3-8,10,13,17H,9,12H2,1-2H3. The summed E-state index contributed by atoms with van der Waals surface area (Å²) in [4.78, 5) is 0. The Bertz CT molecular complexity index is 698. The first kappa shape index (κ1) is 14.5. The highest BCUT2D eigenvalue weighted by Gasteiger charge is 2.18. The molecule has 3 heteroatoms. The van der Waals surface area contributed by atoms with Gasteiger partial charge in [-0.1, -0.05) is 44.2 Å². The molecular weight excluding hydrogens is 274 g/mol. The van der Waals surface area contributed by atoms with E-state index in [1.165, 1.54) is 11.1 Å². The van der Waals surface area contributed by atoms with Gasteiger partial charge >= 0.3 is 0 Å². The maximum Gasteiger partial charge on any atom is 0.231 e. The molecular formula is C19H19NO2. The molecule has 0 fully saturated rings. The number of hydrogen-bond acceptors (Lipinski definition) is 3. The molecule has 0 spiro atoms. The van der Waals surface area contributed by atoms with Gasteiger partial charge in [0.05, 0.1) is 12.0 Å². The third-order valence-corrected chi connectivity index (χ3v) is 4.04. The third-order valence-electron chi connectivity index (χ3n) is 4.04. The Labute approximate surface area is 131 Å². The fourth-order valence-corrected chi connectivity index (χ4v) is 2.64. The number of hydrogen-bond donors (Lipinski definition) is 0. The van der Waals surface area contributed by atoms with Crippen LogP contribution in [-0.4, -0.2) is 6.79 Å². The fourth-order valence-electron chi connectivity index (χ4n) is 2.64. The molecule has 2 aromatic carbocycles. The number of benzene rings is 2. The molecule has 0 radical (unpaired) electrons. The molecule has 0 amide bonds. The van der Waals surface area contributed by atoms with Gasteiger partial charge in [-0.25, -0.2) is 0 Å². The van der Waals surface area contributed by atoms with Gasteiger partial charge in [0.1, 0.15) is 0 Å². The van der Waals surface area contributed by atoms with Crippen LogP contribution in [0.2, 0.25) is 0 Å². The molecule has 1 aliphatic heterocycles. The lowest BCUT2D eigenvalue weighted by Crippen LogP contribution is -2.01. The first-order valence-corrected chi connectivity index (χ1v) is 7.55. The molecule has 1 unspecified atom stereocenters. The zero-order valence-electron chi connectivity index (χ0n) is 12.9. The average molecular weight is 293 g/mol. The summed E-state index contributed by atoms with van der Waals surface area (Å²) >= 11 is 0. The van der Waals surface area contributed by atoms with E-state index >= 15 is 0 Å². The van der Waals surface area contributed by atoms with Crippen LogP contribution in [0.1, 0.15) is 42.4 Å². The summed E-state index contributed by atoms with van der Waals surface area (Å²) in [6.07, 6.45) is 0.703. The van der Waals surface area contributed by atoms with Gasteiger partial charge in [0, 0.05) is 0 Å². The van der Waals surface area contributed by atoms with E-state index in [0.29, 0.717) is 12.3 Å². The summed E-state index contributed by atoms with van der Waals surface area (Å²) < 4.78 is 10.7. The SMILES string of the molecule is CC(C)c1ccc(CC(C#N)c2ccc3c(c2)OCO3)cc1. The molecule has 1 atom stereocenters. The number of ether oxygens (including phenoxy) is 2.